The Morgan fingerprint density at radius 2 is 1.96 bits per heavy atom. The van der Waals surface area contributed by atoms with E-state index in [1.807, 2.05) is 24.3 Å². The van der Waals surface area contributed by atoms with Crippen molar-refractivity contribution in [2.75, 3.05) is 38.1 Å². The van der Waals surface area contributed by atoms with Crippen LogP contribution >= 0.6 is 12.2 Å². The number of rotatable bonds is 8. The van der Waals surface area contributed by atoms with Crippen molar-refractivity contribution in [3.05, 3.63) is 36.9 Å². The second kappa shape index (κ2) is 10.4. The summed E-state index contributed by atoms with van der Waals surface area (Å²) in [6.45, 7) is 13.4. The number of anilines is 1. The van der Waals surface area contributed by atoms with E-state index in [2.05, 4.69) is 36.0 Å². The molecule has 5 heteroatoms. The first-order valence-electron chi connectivity index (χ1n) is 9.17. The van der Waals surface area contributed by atoms with Crippen LogP contribution in [0.1, 0.15) is 26.7 Å². The number of nitrogens with zero attached hydrogens (tertiary/aromatic N) is 1. The van der Waals surface area contributed by atoms with Gasteiger partial charge in [0.05, 0.1) is 0 Å². The SMILES string of the molecule is C=CCOc1ccc(NC(=S)NCCCN2CC(C)CC(C)C2)cc1. The van der Waals surface area contributed by atoms with Gasteiger partial charge in [0.25, 0.3) is 0 Å². The van der Waals surface area contributed by atoms with Gasteiger partial charge in [0, 0.05) is 25.3 Å². The van der Waals surface area contributed by atoms with Crippen LogP contribution in [0, 0.1) is 11.8 Å². The highest BCUT2D eigenvalue weighted by molar-refractivity contribution is 7.80. The van der Waals surface area contributed by atoms with E-state index in [4.69, 9.17) is 17.0 Å². The number of nitrogens with one attached hydrogen (secondary N) is 2. The van der Waals surface area contributed by atoms with Crippen molar-refractivity contribution in [3.8, 4) is 5.75 Å². The van der Waals surface area contributed by atoms with Crippen LogP contribution in [0.3, 0.4) is 0 Å². The number of thiocarbonyl (C=S) groups is 1. The van der Waals surface area contributed by atoms with Crippen LogP contribution in [0.25, 0.3) is 0 Å². The molecule has 0 radical (unpaired) electrons. The molecule has 1 heterocycles. The average molecular weight is 362 g/mol. The molecular formula is C20H31N3OS. The summed E-state index contributed by atoms with van der Waals surface area (Å²) >= 11 is 5.37. The highest BCUT2D eigenvalue weighted by Gasteiger charge is 2.20. The van der Waals surface area contributed by atoms with E-state index in [1.165, 1.54) is 19.5 Å². The monoisotopic (exact) mass is 361 g/mol. The van der Waals surface area contributed by atoms with Crippen LogP contribution in [-0.4, -0.2) is 42.8 Å². The van der Waals surface area contributed by atoms with Crippen molar-refractivity contribution in [2.24, 2.45) is 11.8 Å². The van der Waals surface area contributed by atoms with Gasteiger partial charge in [0.15, 0.2) is 5.11 Å². The molecule has 1 fully saturated rings. The van der Waals surface area contributed by atoms with Gasteiger partial charge in [-0.25, -0.2) is 0 Å². The van der Waals surface area contributed by atoms with Gasteiger partial charge in [-0.15, -0.1) is 0 Å². The first kappa shape index (κ1) is 19.7. The van der Waals surface area contributed by atoms with Crippen molar-refractivity contribution >= 4 is 23.0 Å². The molecular weight excluding hydrogens is 330 g/mol. The maximum absolute atomic E-state index is 5.47. The zero-order valence-electron chi connectivity index (χ0n) is 15.5. The molecule has 1 aromatic carbocycles. The Morgan fingerprint density at radius 1 is 1.28 bits per heavy atom. The number of hydrogen-bond acceptors (Lipinski definition) is 3. The molecule has 1 aromatic rings. The number of hydrogen-bond donors (Lipinski definition) is 2. The third-order valence-electron chi connectivity index (χ3n) is 4.36. The number of benzene rings is 1. The van der Waals surface area contributed by atoms with Crippen LogP contribution in [0.15, 0.2) is 36.9 Å². The molecule has 0 spiro atoms. The van der Waals surface area contributed by atoms with Gasteiger partial charge in [0.1, 0.15) is 12.4 Å². The molecule has 2 N–H and O–H groups in total. The van der Waals surface area contributed by atoms with Gasteiger partial charge in [-0.05, 0) is 67.7 Å². The molecule has 138 valence electrons. The molecule has 2 unspecified atom stereocenters. The Morgan fingerprint density at radius 3 is 2.60 bits per heavy atom. The second-order valence-corrected chi connectivity index (χ2v) is 7.47. The van der Waals surface area contributed by atoms with E-state index in [0.29, 0.717) is 11.7 Å². The Balaban J connectivity index is 1.62. The summed E-state index contributed by atoms with van der Waals surface area (Å²) in [5, 5.41) is 7.17. The third kappa shape index (κ3) is 7.45. The van der Waals surface area contributed by atoms with Gasteiger partial charge >= 0.3 is 0 Å². The summed E-state index contributed by atoms with van der Waals surface area (Å²) in [7, 11) is 0. The van der Waals surface area contributed by atoms with E-state index in [1.54, 1.807) is 6.08 Å². The molecule has 4 nitrogen and oxygen atoms in total. The normalized spacial score (nSPS) is 20.7. The Kier molecular flexibility index (Phi) is 8.22. The summed E-state index contributed by atoms with van der Waals surface area (Å²) in [5.41, 5.74) is 0.960. The van der Waals surface area contributed by atoms with Crippen LogP contribution in [0.5, 0.6) is 5.75 Å². The second-order valence-electron chi connectivity index (χ2n) is 7.06. The van der Waals surface area contributed by atoms with E-state index < -0.39 is 0 Å². The quantitative estimate of drug-likeness (QED) is 0.417. The van der Waals surface area contributed by atoms with Crippen molar-refractivity contribution in [1.29, 1.82) is 0 Å². The fourth-order valence-electron chi connectivity index (χ4n) is 3.44. The molecule has 0 aliphatic carbocycles. The minimum atomic E-state index is 0.515. The maximum Gasteiger partial charge on any atom is 0.170 e. The zero-order valence-corrected chi connectivity index (χ0v) is 16.3. The first-order chi connectivity index (χ1) is 12.1. The summed E-state index contributed by atoms with van der Waals surface area (Å²) < 4.78 is 5.47. The van der Waals surface area contributed by atoms with E-state index in [0.717, 1.165) is 42.8 Å². The van der Waals surface area contributed by atoms with E-state index in [9.17, 15) is 0 Å². The molecule has 0 bridgehead atoms. The lowest BCUT2D eigenvalue weighted by Crippen LogP contribution is -2.40. The molecule has 2 atom stereocenters. The number of ether oxygens (including phenoxy) is 1. The van der Waals surface area contributed by atoms with Crippen molar-refractivity contribution < 1.29 is 4.74 Å². The summed E-state index contributed by atoms with van der Waals surface area (Å²) in [5.74, 6) is 2.46. The largest absolute Gasteiger partial charge is 0.490 e. The number of piperidine rings is 1. The van der Waals surface area contributed by atoms with Gasteiger partial charge in [-0.3, -0.25) is 0 Å². The molecule has 0 aromatic heterocycles. The van der Waals surface area contributed by atoms with Crippen molar-refractivity contribution in [2.45, 2.75) is 26.7 Å². The Labute approximate surface area is 157 Å². The summed E-state index contributed by atoms with van der Waals surface area (Å²) in [6, 6.07) is 7.77. The smallest absolute Gasteiger partial charge is 0.170 e. The third-order valence-corrected chi connectivity index (χ3v) is 4.61. The van der Waals surface area contributed by atoms with Gasteiger partial charge in [-0.2, -0.15) is 0 Å². The lowest BCUT2D eigenvalue weighted by atomic mass is 9.92. The van der Waals surface area contributed by atoms with E-state index >= 15 is 0 Å². The van der Waals surface area contributed by atoms with Gasteiger partial charge < -0.3 is 20.3 Å². The molecule has 25 heavy (non-hydrogen) atoms. The minimum Gasteiger partial charge on any atom is -0.490 e. The molecule has 1 aliphatic heterocycles. The van der Waals surface area contributed by atoms with Crippen molar-refractivity contribution in [3.63, 3.8) is 0 Å². The maximum atomic E-state index is 5.47. The fraction of sp³-hybridized carbons (Fsp3) is 0.550. The molecule has 1 saturated heterocycles. The summed E-state index contributed by atoms with van der Waals surface area (Å²) in [4.78, 5) is 2.58. The van der Waals surface area contributed by atoms with Crippen molar-refractivity contribution in [1.82, 2.24) is 10.2 Å². The minimum absolute atomic E-state index is 0.515. The lowest BCUT2D eigenvalue weighted by molar-refractivity contribution is 0.140. The average Bonchev–Trinajstić information content (AvgIpc) is 2.57. The molecule has 1 aliphatic rings. The predicted molar refractivity (Wildman–Crippen MR) is 110 cm³/mol. The highest BCUT2D eigenvalue weighted by atomic mass is 32.1. The van der Waals surface area contributed by atoms with Crippen LogP contribution < -0.4 is 15.4 Å². The predicted octanol–water partition coefficient (Wildman–Crippen LogP) is 3.91. The Bertz CT molecular complexity index is 536. The molecule has 2 rings (SSSR count). The first-order valence-corrected chi connectivity index (χ1v) is 9.58. The van der Waals surface area contributed by atoms with Gasteiger partial charge in [0.2, 0.25) is 0 Å². The zero-order chi connectivity index (χ0) is 18.1. The standard InChI is InChI=1S/C20H31N3OS/c1-4-12-24-19-8-6-18(7-9-19)22-20(25)21-10-5-11-23-14-16(2)13-17(3)15-23/h4,6-9,16-17H,1,5,10-15H2,2-3H3,(H2,21,22,25). The fourth-order valence-corrected chi connectivity index (χ4v) is 3.66. The van der Waals surface area contributed by atoms with Crippen LogP contribution in [0.2, 0.25) is 0 Å². The highest BCUT2D eigenvalue weighted by Crippen LogP contribution is 2.20. The lowest BCUT2D eigenvalue weighted by Gasteiger charge is -2.34. The summed E-state index contributed by atoms with van der Waals surface area (Å²) in [6.07, 6.45) is 4.20. The van der Waals surface area contributed by atoms with Crippen LogP contribution in [0.4, 0.5) is 5.69 Å². The topological polar surface area (TPSA) is 36.5 Å². The van der Waals surface area contributed by atoms with E-state index in [-0.39, 0.29) is 0 Å². The number of likely N-dealkylation sites (tertiary alicyclic amines) is 1. The molecule has 0 saturated carbocycles. The van der Waals surface area contributed by atoms with Crippen LogP contribution in [-0.2, 0) is 0 Å². The molecule has 0 amide bonds. The Hall–Kier alpha value is -1.59. The van der Waals surface area contributed by atoms with Gasteiger partial charge in [-0.1, -0.05) is 26.5 Å².